The van der Waals surface area contributed by atoms with Gasteiger partial charge in [-0.25, -0.2) is 13.2 Å². The van der Waals surface area contributed by atoms with Crippen molar-refractivity contribution in [3.05, 3.63) is 163 Å². The summed E-state index contributed by atoms with van der Waals surface area (Å²) in [6, 6.07) is 47.8. The van der Waals surface area contributed by atoms with E-state index in [0.29, 0.717) is 5.56 Å². The molecule has 0 heterocycles. The molecule has 4 heteroatoms. The fourth-order valence-electron chi connectivity index (χ4n) is 7.21. The Labute approximate surface area is 262 Å². The van der Waals surface area contributed by atoms with E-state index in [0.717, 1.165) is 61.5 Å². The maximum absolute atomic E-state index is 14.6. The summed E-state index contributed by atoms with van der Waals surface area (Å²) in [6.45, 7) is 0. The number of fused-ring (bicyclic) bond motifs is 2. The second kappa shape index (κ2) is 10.1. The zero-order valence-electron chi connectivity index (χ0n) is 24.4. The molecule has 0 N–H and O–H groups in total. The van der Waals surface area contributed by atoms with Crippen molar-refractivity contribution in [3.63, 3.8) is 0 Å². The van der Waals surface area contributed by atoms with E-state index in [4.69, 9.17) is 0 Å². The fraction of sp³-hybridized carbons (Fsp3) is 0. The molecule has 0 aliphatic heterocycles. The molecule has 0 saturated heterocycles. The Kier molecular flexibility index (Phi) is 5.81. The molecule has 0 fully saturated rings. The van der Waals surface area contributed by atoms with Gasteiger partial charge in [0.25, 0.3) is 0 Å². The Morgan fingerprint density at radius 1 is 0.391 bits per heavy atom. The van der Waals surface area contributed by atoms with Crippen LogP contribution in [0, 0.1) is 17.5 Å². The quantitative estimate of drug-likeness (QED) is 0.111. The standard InChI is InChI=1S/C42H24F3N/c43-36-23-29(24-37(44)41(36)45)40-32-13-4-6-15-34(32)42(35-16-7-5-14-33(35)40)46(30-11-2-1-3-12-30)31-21-27-19-17-25-9-8-10-26-18-20-28(22-31)39(27)38(25)26/h1-24H. The predicted octanol–water partition coefficient (Wildman–Crippen LogP) is 12.4. The normalized spacial score (nSPS) is 11.8. The third-order valence-electron chi connectivity index (χ3n) is 9.12. The van der Waals surface area contributed by atoms with Crippen LogP contribution in [0.1, 0.15) is 0 Å². The lowest BCUT2D eigenvalue weighted by atomic mass is 9.89. The van der Waals surface area contributed by atoms with Crippen LogP contribution in [0.15, 0.2) is 146 Å². The summed E-state index contributed by atoms with van der Waals surface area (Å²) in [7, 11) is 0. The second-order valence-corrected chi connectivity index (χ2v) is 11.7. The van der Waals surface area contributed by atoms with E-state index in [1.807, 2.05) is 66.7 Å². The van der Waals surface area contributed by atoms with E-state index in [1.54, 1.807) is 0 Å². The molecule has 1 nitrogen and oxygen atoms in total. The van der Waals surface area contributed by atoms with Gasteiger partial charge in [0.05, 0.1) is 5.69 Å². The highest BCUT2D eigenvalue weighted by Gasteiger charge is 2.24. The number of nitrogens with zero attached hydrogens (tertiary/aromatic N) is 1. The molecule has 0 amide bonds. The molecule has 9 rings (SSSR count). The number of hydrogen-bond acceptors (Lipinski definition) is 1. The fourth-order valence-corrected chi connectivity index (χ4v) is 7.21. The van der Waals surface area contributed by atoms with E-state index in [9.17, 15) is 13.2 Å². The molecule has 0 radical (unpaired) electrons. The van der Waals surface area contributed by atoms with Crippen LogP contribution >= 0.6 is 0 Å². The van der Waals surface area contributed by atoms with Gasteiger partial charge in [-0.05, 0) is 90.6 Å². The minimum absolute atomic E-state index is 0.282. The lowest BCUT2D eigenvalue weighted by Crippen LogP contribution is -2.11. The summed E-state index contributed by atoms with van der Waals surface area (Å²) < 4.78 is 43.4. The molecule has 0 unspecified atom stereocenters. The maximum atomic E-state index is 14.6. The van der Waals surface area contributed by atoms with Gasteiger partial charge in [-0.3, -0.25) is 0 Å². The van der Waals surface area contributed by atoms with Crippen molar-refractivity contribution in [2.45, 2.75) is 0 Å². The molecule has 0 aliphatic carbocycles. The van der Waals surface area contributed by atoms with E-state index in [1.165, 1.54) is 21.5 Å². The Bertz CT molecular complexity index is 2480. The van der Waals surface area contributed by atoms with Crippen molar-refractivity contribution in [1.82, 2.24) is 0 Å². The lowest BCUT2D eigenvalue weighted by Gasteiger charge is -2.30. The maximum Gasteiger partial charge on any atom is 0.194 e. The Morgan fingerprint density at radius 2 is 0.870 bits per heavy atom. The van der Waals surface area contributed by atoms with Gasteiger partial charge in [0, 0.05) is 22.1 Å². The van der Waals surface area contributed by atoms with Crippen LogP contribution in [0.4, 0.5) is 30.2 Å². The largest absolute Gasteiger partial charge is 0.309 e. The molecule has 46 heavy (non-hydrogen) atoms. The van der Waals surface area contributed by atoms with Crippen LogP contribution in [0.25, 0.3) is 65.0 Å². The van der Waals surface area contributed by atoms with Crippen LogP contribution in [-0.2, 0) is 0 Å². The monoisotopic (exact) mass is 599 g/mol. The molecule has 0 aromatic heterocycles. The third kappa shape index (κ3) is 3.90. The first-order valence-electron chi connectivity index (χ1n) is 15.2. The number of anilines is 3. The van der Waals surface area contributed by atoms with Crippen molar-refractivity contribution in [1.29, 1.82) is 0 Å². The zero-order valence-corrected chi connectivity index (χ0v) is 24.4. The molecule has 0 spiro atoms. The average molecular weight is 600 g/mol. The summed E-state index contributed by atoms with van der Waals surface area (Å²) in [4.78, 5) is 2.27. The minimum atomic E-state index is -1.47. The van der Waals surface area contributed by atoms with E-state index in [2.05, 4.69) is 71.6 Å². The SMILES string of the molecule is Fc1cc(-c2c3ccccc3c(N(c3ccccc3)c3cc4ccc5cccc6ccc(c3)c4c56)c3ccccc23)cc(F)c1F. The van der Waals surface area contributed by atoms with Gasteiger partial charge in [-0.1, -0.05) is 109 Å². The number of halogens is 3. The van der Waals surface area contributed by atoms with Crippen LogP contribution in [0.2, 0.25) is 0 Å². The second-order valence-electron chi connectivity index (χ2n) is 11.7. The summed E-state index contributed by atoms with van der Waals surface area (Å²) in [5.41, 5.74) is 3.83. The first kappa shape index (κ1) is 26.5. The molecule has 9 aromatic rings. The smallest absolute Gasteiger partial charge is 0.194 e. The molecule has 0 atom stereocenters. The van der Waals surface area contributed by atoms with Gasteiger partial charge in [0.2, 0.25) is 0 Å². The highest BCUT2D eigenvalue weighted by molar-refractivity contribution is 6.25. The Hall–Kier alpha value is -5.87. The van der Waals surface area contributed by atoms with Crippen molar-refractivity contribution in [2.24, 2.45) is 0 Å². The Morgan fingerprint density at radius 3 is 1.43 bits per heavy atom. The number of benzene rings is 9. The number of hydrogen-bond donors (Lipinski definition) is 0. The van der Waals surface area contributed by atoms with Crippen LogP contribution in [0.5, 0.6) is 0 Å². The zero-order chi connectivity index (χ0) is 30.9. The number of para-hydroxylation sites is 1. The van der Waals surface area contributed by atoms with Crippen LogP contribution < -0.4 is 4.90 Å². The summed E-state index contributed by atoms with van der Waals surface area (Å²) in [5.74, 6) is -3.91. The van der Waals surface area contributed by atoms with E-state index < -0.39 is 17.5 Å². The highest BCUT2D eigenvalue weighted by Crippen LogP contribution is 2.49. The van der Waals surface area contributed by atoms with Gasteiger partial charge in [0.15, 0.2) is 17.5 Å². The topological polar surface area (TPSA) is 3.24 Å². The van der Waals surface area contributed by atoms with Crippen molar-refractivity contribution in [2.75, 3.05) is 4.90 Å². The molecule has 0 bridgehead atoms. The van der Waals surface area contributed by atoms with Gasteiger partial charge in [-0.2, -0.15) is 0 Å². The van der Waals surface area contributed by atoms with Gasteiger partial charge in [-0.15, -0.1) is 0 Å². The van der Waals surface area contributed by atoms with Gasteiger partial charge >= 0.3 is 0 Å². The molecule has 9 aromatic carbocycles. The van der Waals surface area contributed by atoms with Crippen molar-refractivity contribution < 1.29 is 13.2 Å². The Balaban J connectivity index is 1.41. The lowest BCUT2D eigenvalue weighted by molar-refractivity contribution is 0.448. The summed E-state index contributed by atoms with van der Waals surface area (Å²) in [5, 5.41) is 10.6. The van der Waals surface area contributed by atoms with Gasteiger partial charge < -0.3 is 4.90 Å². The molecule has 0 aliphatic rings. The average Bonchev–Trinajstić information content (AvgIpc) is 3.09. The third-order valence-corrected chi connectivity index (χ3v) is 9.12. The van der Waals surface area contributed by atoms with E-state index in [-0.39, 0.29) is 5.56 Å². The summed E-state index contributed by atoms with van der Waals surface area (Å²) in [6.07, 6.45) is 0. The van der Waals surface area contributed by atoms with Gasteiger partial charge in [0.1, 0.15) is 0 Å². The van der Waals surface area contributed by atoms with E-state index >= 15 is 0 Å². The number of rotatable bonds is 4. The first-order chi connectivity index (χ1) is 22.6. The van der Waals surface area contributed by atoms with Crippen LogP contribution in [-0.4, -0.2) is 0 Å². The first-order valence-corrected chi connectivity index (χ1v) is 15.2. The molecular formula is C42H24F3N. The summed E-state index contributed by atoms with van der Waals surface area (Å²) >= 11 is 0. The van der Waals surface area contributed by atoms with Crippen LogP contribution in [0.3, 0.4) is 0 Å². The van der Waals surface area contributed by atoms with Crippen molar-refractivity contribution >= 4 is 70.9 Å². The minimum Gasteiger partial charge on any atom is -0.309 e. The molecule has 218 valence electrons. The van der Waals surface area contributed by atoms with Crippen molar-refractivity contribution in [3.8, 4) is 11.1 Å². The highest BCUT2D eigenvalue weighted by atomic mass is 19.2. The molecule has 0 saturated carbocycles. The predicted molar refractivity (Wildman–Crippen MR) is 185 cm³/mol. The molecular weight excluding hydrogens is 575 g/mol.